The zero-order valence-corrected chi connectivity index (χ0v) is 16.1. The predicted molar refractivity (Wildman–Crippen MR) is 109 cm³/mol. The van der Waals surface area contributed by atoms with E-state index < -0.39 is 0 Å². The first-order chi connectivity index (χ1) is 13.2. The molecule has 0 aliphatic carbocycles. The first-order valence-corrected chi connectivity index (χ1v) is 9.57. The van der Waals surface area contributed by atoms with E-state index in [0.29, 0.717) is 17.9 Å². The maximum atomic E-state index is 12.7. The van der Waals surface area contributed by atoms with E-state index in [1.54, 1.807) is 7.11 Å². The van der Waals surface area contributed by atoms with Gasteiger partial charge in [-0.05, 0) is 24.6 Å². The number of benzene rings is 2. The lowest BCUT2D eigenvalue weighted by Gasteiger charge is -2.16. The summed E-state index contributed by atoms with van der Waals surface area (Å²) in [6.45, 7) is 1.98. The lowest BCUT2D eigenvalue weighted by Crippen LogP contribution is -2.24. The average Bonchev–Trinajstić information content (AvgIpc) is 2.73. The molecule has 0 unspecified atom stereocenters. The fourth-order valence-corrected chi connectivity index (χ4v) is 3.51. The van der Waals surface area contributed by atoms with Gasteiger partial charge in [0.25, 0.3) is 0 Å². The highest BCUT2D eigenvalue weighted by atomic mass is 32.2. The number of rotatable bonds is 7. The largest absolute Gasteiger partial charge is 0.495 e. The summed E-state index contributed by atoms with van der Waals surface area (Å²) >= 11 is 1.43. The van der Waals surface area contributed by atoms with Gasteiger partial charge in [0.15, 0.2) is 0 Å². The number of amides is 1. The van der Waals surface area contributed by atoms with Crippen LogP contribution >= 0.6 is 11.8 Å². The first kappa shape index (κ1) is 18.9. The normalized spacial score (nSPS) is 11.6. The SMILES string of the molecule is CC[C@@H](Sc1cc(-c2ccccc2)ncn1)C(=O)Nc1ccccc1OC. The maximum absolute atomic E-state index is 12.7. The molecule has 1 amide bonds. The van der Waals surface area contributed by atoms with Crippen molar-refractivity contribution in [1.82, 2.24) is 9.97 Å². The molecule has 5 nitrogen and oxygen atoms in total. The second-order valence-electron chi connectivity index (χ2n) is 5.81. The second kappa shape index (κ2) is 9.19. The van der Waals surface area contributed by atoms with Crippen molar-refractivity contribution in [3.63, 3.8) is 0 Å². The molecule has 0 spiro atoms. The minimum absolute atomic E-state index is 0.0770. The van der Waals surface area contributed by atoms with Crippen molar-refractivity contribution < 1.29 is 9.53 Å². The number of carbonyl (C=O) groups excluding carboxylic acids is 1. The number of thioether (sulfide) groups is 1. The summed E-state index contributed by atoms with van der Waals surface area (Å²) in [5.41, 5.74) is 2.53. The Kier molecular flexibility index (Phi) is 6.44. The Morgan fingerprint density at radius 2 is 1.85 bits per heavy atom. The van der Waals surface area contributed by atoms with Crippen molar-refractivity contribution in [2.75, 3.05) is 12.4 Å². The summed E-state index contributed by atoms with van der Waals surface area (Å²) in [7, 11) is 1.59. The fourth-order valence-electron chi connectivity index (χ4n) is 2.60. The summed E-state index contributed by atoms with van der Waals surface area (Å²) in [5.74, 6) is 0.561. The molecule has 3 rings (SSSR count). The van der Waals surface area contributed by atoms with E-state index in [2.05, 4.69) is 15.3 Å². The van der Waals surface area contributed by atoms with Crippen LogP contribution in [0.5, 0.6) is 5.75 Å². The molecule has 1 atom stereocenters. The second-order valence-corrected chi connectivity index (χ2v) is 7.03. The number of hydrogen-bond acceptors (Lipinski definition) is 5. The number of aromatic nitrogens is 2. The van der Waals surface area contributed by atoms with Crippen LogP contribution in [0.3, 0.4) is 0 Å². The van der Waals surface area contributed by atoms with Crippen molar-refractivity contribution in [2.45, 2.75) is 23.6 Å². The van der Waals surface area contributed by atoms with E-state index in [1.165, 1.54) is 18.1 Å². The zero-order valence-electron chi connectivity index (χ0n) is 15.3. The standard InChI is InChI=1S/C21H21N3O2S/c1-3-19(21(25)24-16-11-7-8-12-18(16)26-2)27-20-13-17(22-14-23-20)15-9-5-4-6-10-15/h4-14,19H,3H2,1-2H3,(H,24,25)/t19-/m1/s1. The van der Waals surface area contributed by atoms with E-state index in [4.69, 9.17) is 4.74 Å². The number of anilines is 1. The molecule has 2 aromatic carbocycles. The van der Waals surface area contributed by atoms with Gasteiger partial charge in [-0.25, -0.2) is 9.97 Å². The van der Waals surface area contributed by atoms with E-state index in [-0.39, 0.29) is 11.2 Å². The van der Waals surface area contributed by atoms with Crippen molar-refractivity contribution in [3.05, 3.63) is 67.0 Å². The van der Waals surface area contributed by atoms with Crippen molar-refractivity contribution in [1.29, 1.82) is 0 Å². The molecule has 0 aliphatic heterocycles. The van der Waals surface area contributed by atoms with Crippen LogP contribution in [0.15, 0.2) is 72.0 Å². The van der Waals surface area contributed by atoms with Crippen LogP contribution in [-0.4, -0.2) is 28.2 Å². The first-order valence-electron chi connectivity index (χ1n) is 8.69. The fraction of sp³-hybridized carbons (Fsp3) is 0.190. The smallest absolute Gasteiger partial charge is 0.238 e. The highest BCUT2D eigenvalue weighted by Gasteiger charge is 2.20. The van der Waals surface area contributed by atoms with Crippen LogP contribution in [0.1, 0.15) is 13.3 Å². The Morgan fingerprint density at radius 1 is 1.11 bits per heavy atom. The minimum Gasteiger partial charge on any atom is -0.495 e. The zero-order chi connectivity index (χ0) is 19.1. The Hall–Kier alpha value is -2.86. The summed E-state index contributed by atoms with van der Waals surface area (Å²) in [6.07, 6.45) is 2.21. The molecule has 0 saturated heterocycles. The predicted octanol–water partition coefficient (Wildman–Crippen LogP) is 4.66. The summed E-state index contributed by atoms with van der Waals surface area (Å²) in [4.78, 5) is 21.4. The van der Waals surface area contributed by atoms with Gasteiger partial charge < -0.3 is 10.1 Å². The third-order valence-corrected chi connectivity index (χ3v) is 5.30. The monoisotopic (exact) mass is 379 g/mol. The van der Waals surface area contributed by atoms with Gasteiger partial charge in [0.1, 0.15) is 17.1 Å². The molecule has 1 heterocycles. The third kappa shape index (κ3) is 4.86. The van der Waals surface area contributed by atoms with E-state index in [0.717, 1.165) is 16.3 Å². The lowest BCUT2D eigenvalue weighted by atomic mass is 10.1. The van der Waals surface area contributed by atoms with Crippen molar-refractivity contribution in [3.8, 4) is 17.0 Å². The summed E-state index contributed by atoms with van der Waals surface area (Å²) in [5, 5.41) is 3.45. The number of nitrogens with zero attached hydrogens (tertiary/aromatic N) is 2. The Morgan fingerprint density at radius 3 is 2.59 bits per heavy atom. The molecule has 27 heavy (non-hydrogen) atoms. The molecular formula is C21H21N3O2S. The number of nitrogens with one attached hydrogen (secondary N) is 1. The molecule has 0 aliphatic rings. The van der Waals surface area contributed by atoms with Gasteiger partial charge in [-0.1, -0.05) is 61.2 Å². The molecule has 0 fully saturated rings. The van der Waals surface area contributed by atoms with E-state index in [1.807, 2.05) is 67.6 Å². The number of carbonyl (C=O) groups is 1. The molecule has 0 radical (unpaired) electrons. The molecule has 0 saturated carbocycles. The molecule has 138 valence electrons. The van der Waals surface area contributed by atoms with Crippen LogP contribution in [-0.2, 0) is 4.79 Å². The number of para-hydroxylation sites is 2. The molecule has 3 aromatic rings. The van der Waals surface area contributed by atoms with E-state index in [9.17, 15) is 4.79 Å². The number of hydrogen-bond donors (Lipinski definition) is 1. The van der Waals surface area contributed by atoms with Crippen molar-refractivity contribution in [2.24, 2.45) is 0 Å². The average molecular weight is 379 g/mol. The highest BCUT2D eigenvalue weighted by Crippen LogP contribution is 2.29. The Bertz CT molecular complexity index is 903. The quantitative estimate of drug-likeness (QED) is 0.478. The number of ether oxygens (including phenoxy) is 1. The van der Waals surface area contributed by atoms with Crippen LogP contribution in [0.4, 0.5) is 5.69 Å². The van der Waals surface area contributed by atoms with Gasteiger partial charge in [-0.3, -0.25) is 4.79 Å². The molecule has 1 N–H and O–H groups in total. The Balaban J connectivity index is 1.74. The van der Waals surface area contributed by atoms with Crippen molar-refractivity contribution >= 4 is 23.4 Å². The highest BCUT2D eigenvalue weighted by molar-refractivity contribution is 8.00. The lowest BCUT2D eigenvalue weighted by molar-refractivity contribution is -0.115. The molecule has 6 heteroatoms. The summed E-state index contributed by atoms with van der Waals surface area (Å²) in [6, 6.07) is 19.2. The minimum atomic E-state index is -0.270. The topological polar surface area (TPSA) is 64.1 Å². The van der Waals surface area contributed by atoms with Gasteiger partial charge in [0.2, 0.25) is 5.91 Å². The molecular weight excluding hydrogens is 358 g/mol. The van der Waals surface area contributed by atoms with Gasteiger partial charge in [0.05, 0.1) is 23.7 Å². The van der Waals surface area contributed by atoms with Crippen LogP contribution in [0.2, 0.25) is 0 Å². The van der Waals surface area contributed by atoms with E-state index >= 15 is 0 Å². The van der Waals surface area contributed by atoms with Gasteiger partial charge >= 0.3 is 0 Å². The van der Waals surface area contributed by atoms with Gasteiger partial charge in [0, 0.05) is 5.56 Å². The number of methoxy groups -OCH3 is 1. The molecule has 0 bridgehead atoms. The third-order valence-electron chi connectivity index (χ3n) is 4.00. The van der Waals surface area contributed by atoms with Gasteiger partial charge in [-0.2, -0.15) is 0 Å². The maximum Gasteiger partial charge on any atom is 0.238 e. The van der Waals surface area contributed by atoms with Gasteiger partial charge in [-0.15, -0.1) is 0 Å². The Labute approximate surface area is 163 Å². The van der Waals surface area contributed by atoms with Crippen LogP contribution < -0.4 is 10.1 Å². The molecule has 1 aromatic heterocycles. The van der Waals surface area contributed by atoms with Crippen LogP contribution in [0, 0.1) is 0 Å². The van der Waals surface area contributed by atoms with Crippen LogP contribution in [0.25, 0.3) is 11.3 Å². The summed E-state index contributed by atoms with van der Waals surface area (Å²) < 4.78 is 5.30.